The fourth-order valence-electron chi connectivity index (χ4n) is 2.04. The van der Waals surface area contributed by atoms with Crippen LogP contribution in [-0.4, -0.2) is 34.3 Å². The summed E-state index contributed by atoms with van der Waals surface area (Å²) in [7, 11) is 0. The first-order chi connectivity index (χ1) is 8.13. The van der Waals surface area contributed by atoms with Crippen molar-refractivity contribution in [3.63, 3.8) is 0 Å². The predicted octanol–water partition coefficient (Wildman–Crippen LogP) is 1.35. The Kier molecular flexibility index (Phi) is 5.15. The third-order valence-electron chi connectivity index (χ3n) is 2.96. The number of nitrogen functional groups attached to an aromatic ring is 1. The van der Waals surface area contributed by atoms with Crippen molar-refractivity contribution in [2.45, 2.75) is 39.7 Å². The summed E-state index contributed by atoms with van der Waals surface area (Å²) >= 11 is 0. The molecule has 0 saturated carbocycles. The van der Waals surface area contributed by atoms with Crippen LogP contribution >= 0.6 is 0 Å². The minimum Gasteiger partial charge on any atom is -0.395 e. The summed E-state index contributed by atoms with van der Waals surface area (Å²) < 4.78 is 0. The Balaban J connectivity index is 3.07. The molecular weight excluding hydrogens is 216 g/mol. The van der Waals surface area contributed by atoms with Gasteiger partial charge in [0.1, 0.15) is 5.82 Å². The highest BCUT2D eigenvalue weighted by atomic mass is 16.3. The average Bonchev–Trinajstić information content (AvgIpc) is 2.33. The van der Waals surface area contributed by atoms with Crippen LogP contribution in [0.15, 0.2) is 6.20 Å². The van der Waals surface area contributed by atoms with Gasteiger partial charge in [0.15, 0.2) is 0 Å². The largest absolute Gasteiger partial charge is 0.395 e. The molecule has 1 aromatic heterocycles. The highest BCUT2D eigenvalue weighted by molar-refractivity contribution is 5.48. The zero-order chi connectivity index (χ0) is 12.8. The lowest BCUT2D eigenvalue weighted by atomic mass is 10.1. The van der Waals surface area contributed by atoms with Crippen molar-refractivity contribution in [1.29, 1.82) is 0 Å². The van der Waals surface area contributed by atoms with Gasteiger partial charge in [-0.15, -0.1) is 0 Å². The Labute approximate surface area is 103 Å². The van der Waals surface area contributed by atoms with Gasteiger partial charge in [0.2, 0.25) is 5.95 Å². The Bertz CT molecular complexity index is 352. The molecule has 0 aliphatic rings. The number of rotatable bonds is 6. The van der Waals surface area contributed by atoms with Gasteiger partial charge in [-0.05, 0) is 19.8 Å². The first-order valence-electron chi connectivity index (χ1n) is 6.10. The van der Waals surface area contributed by atoms with E-state index < -0.39 is 0 Å². The molecule has 0 atom stereocenters. The summed E-state index contributed by atoms with van der Waals surface area (Å²) in [5.74, 6) is 1.11. The number of anilines is 2. The molecule has 0 unspecified atom stereocenters. The van der Waals surface area contributed by atoms with Crippen molar-refractivity contribution in [2.24, 2.45) is 0 Å². The third-order valence-corrected chi connectivity index (χ3v) is 2.96. The van der Waals surface area contributed by atoms with E-state index in [1.165, 1.54) is 0 Å². The van der Waals surface area contributed by atoms with Gasteiger partial charge in [-0.25, -0.2) is 4.98 Å². The van der Waals surface area contributed by atoms with E-state index >= 15 is 0 Å². The molecule has 96 valence electrons. The van der Waals surface area contributed by atoms with E-state index in [2.05, 4.69) is 28.7 Å². The lowest BCUT2D eigenvalue weighted by Crippen LogP contribution is -2.38. The zero-order valence-electron chi connectivity index (χ0n) is 10.8. The van der Waals surface area contributed by atoms with Gasteiger partial charge >= 0.3 is 0 Å². The second-order valence-corrected chi connectivity index (χ2v) is 4.12. The average molecular weight is 238 g/mol. The van der Waals surface area contributed by atoms with Gasteiger partial charge in [-0.3, -0.25) is 0 Å². The van der Waals surface area contributed by atoms with Crippen LogP contribution in [0.5, 0.6) is 0 Å². The molecular formula is C12H22N4O. The predicted molar refractivity (Wildman–Crippen MR) is 70.0 cm³/mol. The summed E-state index contributed by atoms with van der Waals surface area (Å²) in [5, 5.41) is 9.18. The molecule has 3 N–H and O–H groups in total. The lowest BCUT2D eigenvalue weighted by Gasteiger charge is -2.32. The van der Waals surface area contributed by atoms with Crippen LogP contribution in [0, 0.1) is 6.92 Å². The van der Waals surface area contributed by atoms with Gasteiger partial charge in [-0.1, -0.05) is 13.8 Å². The molecule has 17 heavy (non-hydrogen) atoms. The standard InChI is InChI=1S/C12H22N4O/c1-4-10(5-2)16(6-7-17)11-9(3)8-14-12(13)15-11/h8,10,17H,4-7H2,1-3H3,(H2,13,14,15). The quantitative estimate of drug-likeness (QED) is 0.782. The van der Waals surface area contributed by atoms with Crippen molar-refractivity contribution >= 4 is 11.8 Å². The molecule has 0 spiro atoms. The molecule has 0 radical (unpaired) electrons. The minimum atomic E-state index is 0.111. The van der Waals surface area contributed by atoms with Crippen LogP contribution in [-0.2, 0) is 0 Å². The van der Waals surface area contributed by atoms with Crippen molar-refractivity contribution < 1.29 is 5.11 Å². The molecule has 5 nitrogen and oxygen atoms in total. The minimum absolute atomic E-state index is 0.111. The van der Waals surface area contributed by atoms with Crippen LogP contribution in [0.25, 0.3) is 0 Å². The molecule has 0 bridgehead atoms. The number of aryl methyl sites for hydroxylation is 1. The number of nitrogens with zero attached hydrogens (tertiary/aromatic N) is 3. The second kappa shape index (κ2) is 6.39. The van der Waals surface area contributed by atoms with Crippen molar-refractivity contribution in [3.8, 4) is 0 Å². The summed E-state index contributed by atoms with van der Waals surface area (Å²) in [5.41, 5.74) is 6.62. The summed E-state index contributed by atoms with van der Waals surface area (Å²) in [6.45, 7) is 6.92. The highest BCUT2D eigenvalue weighted by Crippen LogP contribution is 2.22. The van der Waals surface area contributed by atoms with Crippen LogP contribution in [0.1, 0.15) is 32.3 Å². The van der Waals surface area contributed by atoms with Gasteiger partial charge < -0.3 is 15.7 Å². The fourth-order valence-corrected chi connectivity index (χ4v) is 2.04. The molecule has 0 fully saturated rings. The Hall–Kier alpha value is -1.36. The van der Waals surface area contributed by atoms with E-state index in [1.807, 2.05) is 6.92 Å². The fraction of sp³-hybridized carbons (Fsp3) is 0.667. The maximum Gasteiger partial charge on any atom is 0.221 e. The van der Waals surface area contributed by atoms with Crippen molar-refractivity contribution in [2.75, 3.05) is 23.8 Å². The van der Waals surface area contributed by atoms with E-state index in [1.54, 1.807) is 6.20 Å². The number of aromatic nitrogens is 2. The third kappa shape index (κ3) is 3.30. The molecule has 0 aliphatic carbocycles. The molecule has 0 aromatic carbocycles. The Morgan fingerprint density at radius 2 is 2.06 bits per heavy atom. The van der Waals surface area contributed by atoms with Crippen LogP contribution in [0.3, 0.4) is 0 Å². The van der Waals surface area contributed by atoms with Crippen LogP contribution in [0.4, 0.5) is 11.8 Å². The first-order valence-corrected chi connectivity index (χ1v) is 6.10. The number of hydrogen-bond donors (Lipinski definition) is 2. The monoisotopic (exact) mass is 238 g/mol. The maximum absolute atomic E-state index is 9.18. The molecule has 0 saturated heterocycles. The van der Waals surface area contributed by atoms with Gasteiger partial charge in [0.25, 0.3) is 0 Å². The molecule has 5 heteroatoms. The molecule has 0 aliphatic heterocycles. The van der Waals surface area contributed by atoms with E-state index in [-0.39, 0.29) is 12.6 Å². The first kappa shape index (κ1) is 13.7. The van der Waals surface area contributed by atoms with Gasteiger partial charge in [-0.2, -0.15) is 4.98 Å². The molecule has 1 aromatic rings. The number of nitrogens with two attached hydrogens (primary N) is 1. The summed E-state index contributed by atoms with van der Waals surface area (Å²) in [6.07, 6.45) is 3.75. The number of aliphatic hydroxyl groups excluding tert-OH is 1. The Morgan fingerprint density at radius 3 is 2.59 bits per heavy atom. The molecule has 1 rings (SSSR count). The zero-order valence-corrected chi connectivity index (χ0v) is 10.8. The smallest absolute Gasteiger partial charge is 0.221 e. The van der Waals surface area contributed by atoms with E-state index in [9.17, 15) is 5.11 Å². The van der Waals surface area contributed by atoms with Crippen LogP contribution < -0.4 is 10.6 Å². The van der Waals surface area contributed by atoms with E-state index in [4.69, 9.17) is 5.73 Å². The normalized spacial score (nSPS) is 10.9. The SMILES string of the molecule is CCC(CC)N(CCO)c1nc(N)ncc1C. The Morgan fingerprint density at radius 1 is 1.41 bits per heavy atom. The maximum atomic E-state index is 9.18. The van der Waals surface area contributed by atoms with Crippen molar-refractivity contribution in [3.05, 3.63) is 11.8 Å². The second-order valence-electron chi connectivity index (χ2n) is 4.12. The summed E-state index contributed by atoms with van der Waals surface area (Å²) in [6, 6.07) is 0.371. The highest BCUT2D eigenvalue weighted by Gasteiger charge is 2.18. The lowest BCUT2D eigenvalue weighted by molar-refractivity contribution is 0.295. The topological polar surface area (TPSA) is 75.3 Å². The van der Waals surface area contributed by atoms with Gasteiger partial charge in [0.05, 0.1) is 6.61 Å². The number of aliphatic hydroxyl groups is 1. The van der Waals surface area contributed by atoms with E-state index in [0.29, 0.717) is 12.6 Å². The van der Waals surface area contributed by atoms with Crippen LogP contribution in [0.2, 0.25) is 0 Å². The summed E-state index contributed by atoms with van der Waals surface area (Å²) in [4.78, 5) is 10.4. The molecule has 0 amide bonds. The molecule has 1 heterocycles. The van der Waals surface area contributed by atoms with Crippen molar-refractivity contribution in [1.82, 2.24) is 9.97 Å². The number of hydrogen-bond acceptors (Lipinski definition) is 5. The van der Waals surface area contributed by atoms with E-state index in [0.717, 1.165) is 24.2 Å². The van der Waals surface area contributed by atoms with Gasteiger partial charge in [0, 0.05) is 24.3 Å².